The van der Waals surface area contributed by atoms with Crippen LogP contribution in [0.1, 0.15) is 39.5 Å². The van der Waals surface area contributed by atoms with Gasteiger partial charge in [-0.15, -0.1) is 0 Å². The molecule has 0 unspecified atom stereocenters. The first kappa shape index (κ1) is 18.9. The number of rotatable bonds is 3. The van der Waals surface area contributed by atoms with Crippen LogP contribution in [0.25, 0.3) is 0 Å². The topological polar surface area (TPSA) is 32.7 Å². The van der Waals surface area contributed by atoms with Crippen LogP contribution in [-0.2, 0) is 0 Å². The number of hydrazone groups is 1. The van der Waals surface area contributed by atoms with Gasteiger partial charge in [0, 0.05) is 10.9 Å². The molecular weight excluding hydrogens is 436 g/mol. The molecule has 0 saturated carbocycles. The van der Waals surface area contributed by atoms with Crippen LogP contribution in [0.3, 0.4) is 0 Å². The summed E-state index contributed by atoms with van der Waals surface area (Å²) in [5, 5.41) is 6.72. The molecule has 140 valence electrons. The second kappa shape index (κ2) is 7.90. The number of carbonyl (C=O) groups is 1. The molecule has 0 spiro atoms. The van der Waals surface area contributed by atoms with Crippen LogP contribution in [0.15, 0.2) is 82.4 Å². The van der Waals surface area contributed by atoms with E-state index in [-0.39, 0.29) is 11.9 Å². The largest absolute Gasteiger partial charge is 0.276 e. The van der Waals surface area contributed by atoms with E-state index in [1.165, 1.54) is 5.56 Å². The molecule has 0 N–H and O–H groups in total. The molecular formula is C23H18BrClN2O. The van der Waals surface area contributed by atoms with Crippen molar-refractivity contribution in [1.82, 2.24) is 5.01 Å². The Bertz CT molecular complexity index is 1040. The van der Waals surface area contributed by atoms with Crippen molar-refractivity contribution in [2.45, 2.75) is 19.4 Å². The number of hydrogen-bond donors (Lipinski definition) is 0. The quantitative estimate of drug-likeness (QED) is 0.451. The lowest BCUT2D eigenvalue weighted by atomic mass is 9.97. The monoisotopic (exact) mass is 452 g/mol. The van der Waals surface area contributed by atoms with Gasteiger partial charge in [-0.1, -0.05) is 81.6 Å². The summed E-state index contributed by atoms with van der Waals surface area (Å²) in [5.41, 5.74) is 4.61. The lowest BCUT2D eigenvalue weighted by molar-refractivity contribution is 0.0711. The minimum absolute atomic E-state index is 0.173. The molecule has 5 heteroatoms. The number of benzene rings is 3. The molecule has 1 aliphatic heterocycles. The van der Waals surface area contributed by atoms with E-state index in [1.54, 1.807) is 17.1 Å². The van der Waals surface area contributed by atoms with E-state index >= 15 is 0 Å². The zero-order chi connectivity index (χ0) is 19.7. The summed E-state index contributed by atoms with van der Waals surface area (Å²) in [7, 11) is 0. The van der Waals surface area contributed by atoms with Crippen molar-refractivity contribution in [3.05, 3.63) is 105 Å². The third-order valence-corrected chi connectivity index (χ3v) is 5.72. The average Bonchev–Trinajstić information content (AvgIpc) is 3.14. The number of nitrogens with zero attached hydrogens (tertiary/aromatic N) is 2. The molecule has 0 fully saturated rings. The van der Waals surface area contributed by atoms with Crippen molar-refractivity contribution in [3.8, 4) is 0 Å². The van der Waals surface area contributed by atoms with E-state index < -0.39 is 0 Å². The van der Waals surface area contributed by atoms with Gasteiger partial charge in [-0.25, -0.2) is 5.01 Å². The Balaban J connectivity index is 1.75. The second-order valence-electron chi connectivity index (χ2n) is 6.81. The van der Waals surface area contributed by atoms with Crippen molar-refractivity contribution < 1.29 is 4.79 Å². The zero-order valence-electron chi connectivity index (χ0n) is 15.3. The summed E-state index contributed by atoms with van der Waals surface area (Å²) in [6.45, 7) is 2.05. The third-order valence-electron chi connectivity index (χ3n) is 4.86. The van der Waals surface area contributed by atoms with Gasteiger partial charge in [-0.3, -0.25) is 4.79 Å². The van der Waals surface area contributed by atoms with E-state index in [0.29, 0.717) is 17.0 Å². The minimum Gasteiger partial charge on any atom is -0.267 e. The number of carbonyl (C=O) groups excluding carboxylic acids is 1. The van der Waals surface area contributed by atoms with Crippen molar-refractivity contribution in [3.63, 3.8) is 0 Å². The summed E-state index contributed by atoms with van der Waals surface area (Å²) < 4.78 is 0.998. The molecule has 1 heterocycles. The lowest BCUT2D eigenvalue weighted by Crippen LogP contribution is -2.27. The Hall–Kier alpha value is -2.43. The van der Waals surface area contributed by atoms with Gasteiger partial charge in [0.2, 0.25) is 0 Å². The van der Waals surface area contributed by atoms with Crippen molar-refractivity contribution in [1.29, 1.82) is 0 Å². The van der Waals surface area contributed by atoms with Gasteiger partial charge in [0.15, 0.2) is 0 Å². The van der Waals surface area contributed by atoms with E-state index in [0.717, 1.165) is 21.3 Å². The summed E-state index contributed by atoms with van der Waals surface area (Å²) in [5.74, 6) is -0.194. The molecule has 1 atom stereocenters. The summed E-state index contributed by atoms with van der Waals surface area (Å²) in [6, 6.07) is 23.2. The van der Waals surface area contributed by atoms with Crippen LogP contribution in [0.4, 0.5) is 0 Å². The van der Waals surface area contributed by atoms with Gasteiger partial charge in [0.05, 0.1) is 22.3 Å². The first-order valence-corrected chi connectivity index (χ1v) is 10.2. The predicted molar refractivity (Wildman–Crippen MR) is 117 cm³/mol. The van der Waals surface area contributed by atoms with Crippen LogP contribution in [0, 0.1) is 6.92 Å². The Morgan fingerprint density at radius 3 is 2.39 bits per heavy atom. The molecule has 0 aromatic heterocycles. The SMILES string of the molecule is Cc1ccc(C2=NN(C(=O)c3ccccc3Cl)[C@@H](c3ccc(Br)cc3)C2)cc1. The predicted octanol–water partition coefficient (Wildman–Crippen LogP) is 6.40. The molecule has 1 aliphatic rings. The fourth-order valence-corrected chi connectivity index (χ4v) is 3.80. The Morgan fingerprint density at radius 1 is 1.04 bits per heavy atom. The fraction of sp³-hybridized carbons (Fsp3) is 0.130. The molecule has 3 aromatic carbocycles. The maximum Gasteiger partial charge on any atom is 0.276 e. The summed E-state index contributed by atoms with van der Waals surface area (Å²) in [4.78, 5) is 13.3. The van der Waals surface area contributed by atoms with Gasteiger partial charge < -0.3 is 0 Å². The van der Waals surface area contributed by atoms with E-state index in [4.69, 9.17) is 16.7 Å². The maximum absolute atomic E-state index is 13.3. The van der Waals surface area contributed by atoms with Crippen molar-refractivity contribution in [2.75, 3.05) is 0 Å². The average molecular weight is 454 g/mol. The van der Waals surface area contributed by atoms with Gasteiger partial charge in [0.1, 0.15) is 0 Å². The smallest absolute Gasteiger partial charge is 0.267 e. The van der Waals surface area contributed by atoms with E-state index in [1.807, 2.05) is 36.4 Å². The fourth-order valence-electron chi connectivity index (χ4n) is 3.32. The zero-order valence-corrected chi connectivity index (χ0v) is 17.6. The lowest BCUT2D eigenvalue weighted by Gasteiger charge is -2.22. The Labute approximate surface area is 177 Å². The molecule has 0 saturated heterocycles. The number of hydrogen-bond acceptors (Lipinski definition) is 2. The first-order chi connectivity index (χ1) is 13.5. The molecule has 3 aromatic rings. The number of halogens is 2. The Morgan fingerprint density at radius 2 is 1.71 bits per heavy atom. The van der Waals surface area contributed by atoms with Crippen LogP contribution < -0.4 is 0 Å². The first-order valence-electron chi connectivity index (χ1n) is 9.01. The highest BCUT2D eigenvalue weighted by atomic mass is 79.9. The molecule has 0 aliphatic carbocycles. The third kappa shape index (κ3) is 3.75. The normalized spacial score (nSPS) is 16.2. The highest BCUT2D eigenvalue weighted by Crippen LogP contribution is 2.35. The van der Waals surface area contributed by atoms with Crippen LogP contribution in [-0.4, -0.2) is 16.6 Å². The highest BCUT2D eigenvalue weighted by Gasteiger charge is 2.34. The van der Waals surface area contributed by atoms with Crippen LogP contribution >= 0.6 is 27.5 Å². The summed E-state index contributed by atoms with van der Waals surface area (Å²) in [6.07, 6.45) is 0.654. The van der Waals surface area contributed by atoms with Gasteiger partial charge >= 0.3 is 0 Å². The number of aryl methyl sites for hydroxylation is 1. The van der Waals surface area contributed by atoms with E-state index in [9.17, 15) is 4.79 Å². The van der Waals surface area contributed by atoms with Crippen molar-refractivity contribution >= 4 is 39.1 Å². The molecule has 4 rings (SSSR count). The van der Waals surface area contributed by atoms with Crippen LogP contribution in [0.2, 0.25) is 5.02 Å². The summed E-state index contributed by atoms with van der Waals surface area (Å²) >= 11 is 9.75. The second-order valence-corrected chi connectivity index (χ2v) is 8.14. The van der Waals surface area contributed by atoms with E-state index in [2.05, 4.69) is 47.1 Å². The molecule has 1 amide bonds. The maximum atomic E-state index is 13.3. The molecule has 28 heavy (non-hydrogen) atoms. The van der Waals surface area contributed by atoms with Gasteiger partial charge in [-0.2, -0.15) is 5.10 Å². The Kier molecular flexibility index (Phi) is 5.33. The van der Waals surface area contributed by atoms with Gasteiger partial charge in [-0.05, 0) is 42.3 Å². The van der Waals surface area contributed by atoms with Gasteiger partial charge in [0.25, 0.3) is 5.91 Å². The van der Waals surface area contributed by atoms with Crippen LogP contribution in [0.5, 0.6) is 0 Å². The number of amides is 1. The molecule has 3 nitrogen and oxygen atoms in total. The minimum atomic E-state index is -0.194. The molecule has 0 radical (unpaired) electrons. The molecule has 0 bridgehead atoms. The van der Waals surface area contributed by atoms with Crippen molar-refractivity contribution in [2.24, 2.45) is 5.10 Å². The highest BCUT2D eigenvalue weighted by molar-refractivity contribution is 9.10. The standard InChI is InChI=1S/C23H18BrClN2O/c1-15-6-8-16(9-7-15)21-14-22(17-10-12-18(24)13-11-17)27(26-21)23(28)19-4-2-3-5-20(19)25/h2-13,22H,14H2,1H3/t22-/m1/s1.